The molecule has 0 unspecified atom stereocenters. The number of ether oxygens (including phenoxy) is 1. The van der Waals surface area contributed by atoms with Gasteiger partial charge in [0.15, 0.2) is 5.78 Å². The summed E-state index contributed by atoms with van der Waals surface area (Å²) < 4.78 is 8.72. The Hall–Kier alpha value is -2.67. The Kier molecular flexibility index (Phi) is 8.26. The van der Waals surface area contributed by atoms with Crippen LogP contribution in [0.2, 0.25) is 5.02 Å². The Morgan fingerprint density at radius 1 is 1.09 bits per heavy atom. The van der Waals surface area contributed by atoms with Gasteiger partial charge in [0.2, 0.25) is 0 Å². The molecule has 4 rings (SSSR count). The highest BCUT2D eigenvalue weighted by atomic mass is 35.5. The minimum atomic E-state index is -0.212. The lowest BCUT2D eigenvalue weighted by Gasteiger charge is -2.26. The van der Waals surface area contributed by atoms with Gasteiger partial charge in [-0.05, 0) is 49.1 Å². The Morgan fingerprint density at radius 3 is 2.46 bits per heavy atom. The van der Waals surface area contributed by atoms with Crippen molar-refractivity contribution in [2.24, 2.45) is 5.92 Å². The topological polar surface area (TPSA) is 56.5 Å². The lowest BCUT2D eigenvalue weighted by Crippen LogP contribution is -2.37. The van der Waals surface area contributed by atoms with Crippen molar-refractivity contribution in [3.8, 4) is 16.9 Å². The fourth-order valence-electron chi connectivity index (χ4n) is 4.73. The molecule has 1 aromatic heterocycles. The zero-order valence-electron chi connectivity index (χ0n) is 20.8. The molecule has 0 radical (unpaired) electrons. The van der Waals surface area contributed by atoms with Crippen molar-refractivity contribution in [1.29, 1.82) is 0 Å². The Morgan fingerprint density at radius 2 is 1.80 bits per heavy atom. The molecule has 6 nitrogen and oxygen atoms in total. The van der Waals surface area contributed by atoms with E-state index in [0.29, 0.717) is 11.4 Å². The number of hydrogen-bond acceptors (Lipinski definition) is 4. The van der Waals surface area contributed by atoms with Gasteiger partial charge in [0.1, 0.15) is 0 Å². The number of halogens is 1. The summed E-state index contributed by atoms with van der Waals surface area (Å²) >= 11 is 6.27. The minimum Gasteiger partial charge on any atom is -0.379 e. The molecular formula is C28H34ClN3O3. The van der Waals surface area contributed by atoms with Crippen molar-refractivity contribution in [2.45, 2.75) is 40.2 Å². The van der Waals surface area contributed by atoms with E-state index in [-0.39, 0.29) is 23.9 Å². The van der Waals surface area contributed by atoms with Gasteiger partial charge < -0.3 is 4.74 Å². The van der Waals surface area contributed by atoms with Crippen molar-refractivity contribution in [3.05, 3.63) is 75.3 Å². The molecule has 0 aliphatic carbocycles. The number of nitrogens with zero attached hydrogens (tertiary/aromatic N) is 3. The second-order valence-electron chi connectivity index (χ2n) is 9.66. The van der Waals surface area contributed by atoms with Crippen LogP contribution in [-0.2, 0) is 22.5 Å². The number of morpholine rings is 1. The maximum absolute atomic E-state index is 13.6. The van der Waals surface area contributed by atoms with Crippen molar-refractivity contribution < 1.29 is 9.53 Å². The number of carbonyl (C=O) groups excluding carboxylic acids is 1. The minimum absolute atomic E-state index is 0.0426. The van der Waals surface area contributed by atoms with Gasteiger partial charge in [-0.15, -0.1) is 0 Å². The van der Waals surface area contributed by atoms with Crippen molar-refractivity contribution in [3.63, 3.8) is 0 Å². The van der Waals surface area contributed by atoms with Crippen LogP contribution >= 0.6 is 11.6 Å². The molecule has 2 heterocycles. The van der Waals surface area contributed by atoms with Crippen molar-refractivity contribution in [2.75, 3.05) is 32.8 Å². The molecule has 3 aromatic rings. The molecular weight excluding hydrogens is 462 g/mol. The third-order valence-electron chi connectivity index (χ3n) is 6.45. The standard InChI is InChI=1S/C28H34ClN3O3/c1-20(2)17-26(33)19-31-27(23-5-4-6-24(29)18-23)21(3)32(28(31)34)25-9-7-22(8-10-25)11-12-30-13-15-35-16-14-30/h4-10,18,20H,11-17,19H2,1-3H3. The third kappa shape index (κ3) is 6.13. The maximum Gasteiger partial charge on any atom is 0.333 e. The number of Topliss-reactive ketones (excluding diaryl/α,β-unsaturated/α-hetero) is 1. The van der Waals surface area contributed by atoms with Gasteiger partial charge in [-0.3, -0.25) is 18.8 Å². The lowest BCUT2D eigenvalue weighted by molar-refractivity contribution is -0.120. The van der Waals surface area contributed by atoms with E-state index in [4.69, 9.17) is 16.3 Å². The molecule has 0 bridgehead atoms. The highest BCUT2D eigenvalue weighted by Gasteiger charge is 2.22. The number of hydrogen-bond donors (Lipinski definition) is 0. The summed E-state index contributed by atoms with van der Waals surface area (Å²) in [5, 5.41) is 0.590. The molecule has 0 amide bonds. The van der Waals surface area contributed by atoms with E-state index in [2.05, 4.69) is 17.0 Å². The molecule has 186 valence electrons. The molecule has 1 saturated heterocycles. The number of ketones is 1. The van der Waals surface area contributed by atoms with E-state index in [0.717, 1.165) is 61.9 Å². The average Bonchev–Trinajstić information content (AvgIpc) is 3.07. The summed E-state index contributed by atoms with van der Waals surface area (Å²) in [4.78, 5) is 28.8. The first kappa shape index (κ1) is 25.4. The molecule has 0 saturated carbocycles. The first-order valence-electron chi connectivity index (χ1n) is 12.3. The van der Waals surface area contributed by atoms with Crippen LogP contribution in [0, 0.1) is 12.8 Å². The fraction of sp³-hybridized carbons (Fsp3) is 0.429. The first-order valence-corrected chi connectivity index (χ1v) is 12.7. The van der Waals surface area contributed by atoms with Crippen LogP contribution in [0.15, 0.2) is 53.3 Å². The van der Waals surface area contributed by atoms with Gasteiger partial charge in [0.25, 0.3) is 0 Å². The maximum atomic E-state index is 13.6. The van der Waals surface area contributed by atoms with Gasteiger partial charge >= 0.3 is 5.69 Å². The largest absolute Gasteiger partial charge is 0.379 e. The van der Waals surface area contributed by atoms with Crippen LogP contribution in [0.3, 0.4) is 0 Å². The zero-order valence-corrected chi connectivity index (χ0v) is 21.6. The van der Waals surface area contributed by atoms with Gasteiger partial charge in [-0.2, -0.15) is 0 Å². The van der Waals surface area contributed by atoms with E-state index in [9.17, 15) is 9.59 Å². The quantitative estimate of drug-likeness (QED) is 0.429. The van der Waals surface area contributed by atoms with Gasteiger partial charge in [-0.25, -0.2) is 4.79 Å². The van der Waals surface area contributed by atoms with Crippen LogP contribution in [0.4, 0.5) is 0 Å². The Bertz CT molecular complexity index is 1220. The predicted octanol–water partition coefficient (Wildman–Crippen LogP) is 4.76. The van der Waals surface area contributed by atoms with E-state index in [1.54, 1.807) is 15.2 Å². The number of benzene rings is 2. The molecule has 2 aromatic carbocycles. The van der Waals surface area contributed by atoms with Gasteiger partial charge in [-0.1, -0.05) is 49.7 Å². The van der Waals surface area contributed by atoms with Gasteiger partial charge in [0, 0.05) is 42.3 Å². The number of imidazole rings is 1. The van der Waals surface area contributed by atoms with Crippen LogP contribution in [0.5, 0.6) is 0 Å². The summed E-state index contributed by atoms with van der Waals surface area (Å²) in [6.45, 7) is 10.5. The summed E-state index contributed by atoms with van der Waals surface area (Å²) in [5.41, 5.74) is 4.15. The van der Waals surface area contributed by atoms with Crippen LogP contribution in [-0.4, -0.2) is 52.7 Å². The Labute approximate surface area is 212 Å². The number of carbonyl (C=O) groups is 1. The summed E-state index contributed by atoms with van der Waals surface area (Å²) in [5.74, 6) is 0.280. The molecule has 0 N–H and O–H groups in total. The molecule has 35 heavy (non-hydrogen) atoms. The van der Waals surface area contributed by atoms with Crippen LogP contribution < -0.4 is 5.69 Å². The summed E-state index contributed by atoms with van der Waals surface area (Å²) in [6.07, 6.45) is 1.39. The molecule has 1 aliphatic rings. The normalized spacial score (nSPS) is 14.5. The highest BCUT2D eigenvalue weighted by molar-refractivity contribution is 6.30. The van der Waals surface area contributed by atoms with E-state index < -0.39 is 0 Å². The summed E-state index contributed by atoms with van der Waals surface area (Å²) in [7, 11) is 0. The van der Waals surface area contributed by atoms with Crippen LogP contribution in [0.1, 0.15) is 31.5 Å². The number of rotatable bonds is 9. The van der Waals surface area contributed by atoms with E-state index >= 15 is 0 Å². The molecule has 1 fully saturated rings. The monoisotopic (exact) mass is 495 g/mol. The van der Waals surface area contributed by atoms with Gasteiger partial charge in [0.05, 0.1) is 31.1 Å². The third-order valence-corrected chi connectivity index (χ3v) is 6.69. The molecule has 7 heteroatoms. The molecule has 0 spiro atoms. The fourth-order valence-corrected chi connectivity index (χ4v) is 4.92. The van der Waals surface area contributed by atoms with E-state index in [1.807, 2.05) is 51.1 Å². The zero-order chi connectivity index (χ0) is 24.9. The molecule has 1 aliphatic heterocycles. The first-order chi connectivity index (χ1) is 16.8. The average molecular weight is 496 g/mol. The van der Waals surface area contributed by atoms with E-state index in [1.165, 1.54) is 5.56 Å². The lowest BCUT2D eigenvalue weighted by atomic mass is 10.1. The summed E-state index contributed by atoms with van der Waals surface area (Å²) in [6, 6.07) is 15.6. The number of aromatic nitrogens is 2. The second kappa shape index (κ2) is 11.4. The smallest absolute Gasteiger partial charge is 0.333 e. The molecule has 0 atom stereocenters. The highest BCUT2D eigenvalue weighted by Crippen LogP contribution is 2.27. The Balaban J connectivity index is 1.66. The SMILES string of the molecule is Cc1c(-c2cccc(Cl)c2)n(CC(=O)CC(C)C)c(=O)n1-c1ccc(CCN2CCOCC2)cc1. The van der Waals surface area contributed by atoms with Crippen molar-refractivity contribution in [1.82, 2.24) is 14.0 Å². The van der Waals surface area contributed by atoms with Crippen molar-refractivity contribution >= 4 is 17.4 Å². The predicted molar refractivity (Wildman–Crippen MR) is 141 cm³/mol. The second-order valence-corrected chi connectivity index (χ2v) is 10.1. The van der Waals surface area contributed by atoms with Crippen LogP contribution in [0.25, 0.3) is 16.9 Å².